The smallest absolute Gasteiger partial charge is 0.318 e. The SMILES string of the molecule is O=C1OC2=C(CCC2=Cc2ccccc2)C(c2ccccc2)C12CCC2. The molecule has 5 rings (SSSR count). The normalized spacial score (nSPS) is 25.2. The van der Waals surface area contributed by atoms with Crippen LogP contribution in [0.3, 0.4) is 0 Å². The van der Waals surface area contributed by atoms with Gasteiger partial charge in [-0.05, 0) is 54.0 Å². The third-order valence-electron chi connectivity index (χ3n) is 6.27. The van der Waals surface area contributed by atoms with Crippen molar-refractivity contribution in [1.29, 1.82) is 0 Å². The van der Waals surface area contributed by atoms with Crippen molar-refractivity contribution in [1.82, 2.24) is 0 Å². The van der Waals surface area contributed by atoms with E-state index in [1.54, 1.807) is 0 Å². The Hall–Kier alpha value is -2.61. The first-order chi connectivity index (χ1) is 12.8. The van der Waals surface area contributed by atoms with Gasteiger partial charge < -0.3 is 4.74 Å². The number of hydrogen-bond acceptors (Lipinski definition) is 2. The van der Waals surface area contributed by atoms with Crippen LogP contribution < -0.4 is 0 Å². The Balaban J connectivity index is 1.62. The summed E-state index contributed by atoms with van der Waals surface area (Å²) in [5, 5.41) is 0. The molecule has 2 aliphatic carbocycles. The van der Waals surface area contributed by atoms with Gasteiger partial charge in [-0.1, -0.05) is 67.1 Å². The summed E-state index contributed by atoms with van der Waals surface area (Å²) in [6.45, 7) is 0. The van der Waals surface area contributed by atoms with E-state index in [4.69, 9.17) is 4.74 Å². The molecule has 0 N–H and O–H groups in total. The first-order valence-corrected chi connectivity index (χ1v) is 9.54. The fraction of sp³-hybridized carbons (Fsp3) is 0.292. The third-order valence-corrected chi connectivity index (χ3v) is 6.27. The maximum Gasteiger partial charge on any atom is 0.318 e. The predicted octanol–water partition coefficient (Wildman–Crippen LogP) is 5.63. The summed E-state index contributed by atoms with van der Waals surface area (Å²) >= 11 is 0. The van der Waals surface area contributed by atoms with Gasteiger partial charge in [0, 0.05) is 5.92 Å². The number of hydrogen-bond donors (Lipinski definition) is 0. The Morgan fingerprint density at radius 3 is 2.27 bits per heavy atom. The van der Waals surface area contributed by atoms with E-state index in [0.29, 0.717) is 0 Å². The molecule has 0 saturated heterocycles. The van der Waals surface area contributed by atoms with Crippen molar-refractivity contribution in [2.45, 2.75) is 38.0 Å². The minimum Gasteiger partial charge on any atom is -0.426 e. The molecule has 2 aromatic rings. The summed E-state index contributed by atoms with van der Waals surface area (Å²) in [7, 11) is 0. The van der Waals surface area contributed by atoms with Crippen molar-refractivity contribution in [3.05, 3.63) is 88.7 Å². The van der Waals surface area contributed by atoms with Gasteiger partial charge in [0.05, 0.1) is 5.41 Å². The second-order valence-corrected chi connectivity index (χ2v) is 7.68. The van der Waals surface area contributed by atoms with Crippen molar-refractivity contribution in [3.63, 3.8) is 0 Å². The minimum atomic E-state index is -0.331. The van der Waals surface area contributed by atoms with Crippen LogP contribution in [0.15, 0.2) is 77.6 Å². The van der Waals surface area contributed by atoms with E-state index in [2.05, 4.69) is 42.5 Å². The molecule has 2 aromatic carbocycles. The van der Waals surface area contributed by atoms with Crippen molar-refractivity contribution in [2.24, 2.45) is 5.41 Å². The van der Waals surface area contributed by atoms with Gasteiger partial charge in [-0.25, -0.2) is 0 Å². The van der Waals surface area contributed by atoms with Crippen LogP contribution in [0.1, 0.15) is 49.1 Å². The van der Waals surface area contributed by atoms with E-state index in [9.17, 15) is 4.79 Å². The van der Waals surface area contributed by atoms with Crippen molar-refractivity contribution in [2.75, 3.05) is 0 Å². The van der Waals surface area contributed by atoms with Gasteiger partial charge >= 0.3 is 5.97 Å². The summed E-state index contributed by atoms with van der Waals surface area (Å²) < 4.78 is 5.98. The van der Waals surface area contributed by atoms with E-state index in [0.717, 1.165) is 49.0 Å². The summed E-state index contributed by atoms with van der Waals surface area (Å²) in [5.74, 6) is 1.01. The largest absolute Gasteiger partial charge is 0.426 e. The average molecular weight is 342 g/mol. The molecule has 1 heterocycles. The van der Waals surface area contributed by atoms with E-state index >= 15 is 0 Å². The van der Waals surface area contributed by atoms with Crippen LogP contribution in [0.4, 0.5) is 0 Å². The topological polar surface area (TPSA) is 26.3 Å². The molecular weight excluding hydrogens is 320 g/mol. The van der Waals surface area contributed by atoms with Crippen molar-refractivity contribution in [3.8, 4) is 0 Å². The molecule has 2 nitrogen and oxygen atoms in total. The van der Waals surface area contributed by atoms with Crippen LogP contribution in [0.25, 0.3) is 6.08 Å². The highest BCUT2D eigenvalue weighted by atomic mass is 16.5. The maximum absolute atomic E-state index is 13.0. The summed E-state index contributed by atoms with van der Waals surface area (Å²) in [6.07, 6.45) is 7.12. The number of carbonyl (C=O) groups is 1. The number of rotatable bonds is 2. The quantitative estimate of drug-likeness (QED) is 0.661. The lowest BCUT2D eigenvalue weighted by Crippen LogP contribution is -2.47. The number of benzene rings is 2. The number of esters is 1. The summed E-state index contributed by atoms with van der Waals surface area (Å²) in [6, 6.07) is 20.8. The molecule has 1 unspecified atom stereocenters. The highest BCUT2D eigenvalue weighted by molar-refractivity contribution is 5.84. The fourth-order valence-electron chi connectivity index (χ4n) is 4.86. The summed E-state index contributed by atoms with van der Waals surface area (Å²) in [5.41, 5.74) is 4.58. The molecule has 1 saturated carbocycles. The molecule has 0 radical (unpaired) electrons. The predicted molar refractivity (Wildman–Crippen MR) is 102 cm³/mol. The molecule has 0 amide bonds. The van der Waals surface area contributed by atoms with Gasteiger partial charge in [0.25, 0.3) is 0 Å². The average Bonchev–Trinajstić information content (AvgIpc) is 3.03. The second kappa shape index (κ2) is 5.98. The van der Waals surface area contributed by atoms with Crippen molar-refractivity contribution >= 4 is 12.0 Å². The van der Waals surface area contributed by atoms with Crippen LogP contribution in [0, 0.1) is 5.41 Å². The lowest BCUT2D eigenvalue weighted by molar-refractivity contribution is -0.160. The Morgan fingerprint density at radius 2 is 1.62 bits per heavy atom. The molecule has 0 aromatic heterocycles. The molecule has 2 heteroatoms. The Bertz CT molecular complexity index is 902. The van der Waals surface area contributed by atoms with Crippen LogP contribution in [0.2, 0.25) is 0 Å². The Morgan fingerprint density at radius 1 is 0.923 bits per heavy atom. The standard InChI is InChI=1S/C24H22O2/c25-23-24(14-7-15-24)21(18-10-5-2-6-11-18)20-13-12-19(22(20)26-23)16-17-8-3-1-4-9-17/h1-6,8-11,16,21H,7,12-15H2. The van der Waals surface area contributed by atoms with Gasteiger partial charge in [-0.3, -0.25) is 4.79 Å². The zero-order valence-electron chi connectivity index (χ0n) is 14.8. The van der Waals surface area contributed by atoms with Crippen LogP contribution >= 0.6 is 0 Å². The Labute approximate surface area is 154 Å². The minimum absolute atomic E-state index is 0.0165. The summed E-state index contributed by atoms with van der Waals surface area (Å²) in [4.78, 5) is 13.0. The van der Waals surface area contributed by atoms with E-state index in [-0.39, 0.29) is 17.3 Å². The molecular formula is C24H22O2. The van der Waals surface area contributed by atoms with E-state index < -0.39 is 0 Å². The van der Waals surface area contributed by atoms with Gasteiger partial charge in [0.15, 0.2) is 0 Å². The van der Waals surface area contributed by atoms with E-state index in [1.807, 2.05) is 24.3 Å². The Kier molecular flexibility index (Phi) is 3.59. The zero-order valence-corrected chi connectivity index (χ0v) is 14.8. The molecule has 1 fully saturated rings. The lowest BCUT2D eigenvalue weighted by Gasteiger charge is -2.48. The van der Waals surface area contributed by atoms with E-state index in [1.165, 1.54) is 11.1 Å². The number of ether oxygens (including phenoxy) is 1. The van der Waals surface area contributed by atoms with Crippen LogP contribution in [-0.4, -0.2) is 5.97 Å². The number of allylic oxidation sites excluding steroid dienone is 2. The van der Waals surface area contributed by atoms with Gasteiger partial charge in [0.2, 0.25) is 0 Å². The fourth-order valence-corrected chi connectivity index (χ4v) is 4.86. The zero-order chi connectivity index (χ0) is 17.6. The van der Waals surface area contributed by atoms with Gasteiger partial charge in [-0.15, -0.1) is 0 Å². The second-order valence-electron chi connectivity index (χ2n) is 7.68. The highest BCUT2D eigenvalue weighted by Gasteiger charge is 2.57. The van der Waals surface area contributed by atoms with Crippen molar-refractivity contribution < 1.29 is 9.53 Å². The molecule has 1 aliphatic heterocycles. The molecule has 1 atom stereocenters. The van der Waals surface area contributed by atoms with Gasteiger partial charge in [0.1, 0.15) is 5.76 Å². The van der Waals surface area contributed by atoms with Crippen LogP contribution in [0.5, 0.6) is 0 Å². The number of carbonyl (C=O) groups excluding carboxylic acids is 1. The van der Waals surface area contributed by atoms with Crippen LogP contribution in [-0.2, 0) is 9.53 Å². The first kappa shape index (κ1) is 15.6. The lowest BCUT2D eigenvalue weighted by atomic mass is 9.56. The maximum atomic E-state index is 13.0. The monoisotopic (exact) mass is 342 g/mol. The molecule has 130 valence electrons. The molecule has 0 bridgehead atoms. The third kappa shape index (κ3) is 2.28. The molecule has 26 heavy (non-hydrogen) atoms. The first-order valence-electron chi connectivity index (χ1n) is 9.54. The highest BCUT2D eigenvalue weighted by Crippen LogP contribution is 2.61. The molecule has 1 spiro atoms. The van der Waals surface area contributed by atoms with Gasteiger partial charge in [-0.2, -0.15) is 0 Å². The molecule has 3 aliphatic rings.